The van der Waals surface area contributed by atoms with Crippen molar-refractivity contribution in [3.05, 3.63) is 73.1 Å². The summed E-state index contributed by atoms with van der Waals surface area (Å²) >= 11 is 0. The van der Waals surface area contributed by atoms with E-state index in [-0.39, 0.29) is 0 Å². The Bertz CT molecular complexity index is 1160. The molecule has 2 heterocycles. The summed E-state index contributed by atoms with van der Waals surface area (Å²) in [7, 11) is 0. The SMILES string of the molecule is [c]1ccc(-c2nc3ccc(-c4ccc5n[c]oc5c4)cc3o2)cc1. The maximum absolute atomic E-state index is 5.92. The Morgan fingerprint density at radius 1 is 0.750 bits per heavy atom. The molecule has 0 saturated carbocycles. The van der Waals surface area contributed by atoms with E-state index < -0.39 is 0 Å². The van der Waals surface area contributed by atoms with Crippen LogP contribution in [-0.2, 0) is 0 Å². The molecular formula is C20H10N2O2. The predicted octanol–water partition coefficient (Wildman–Crippen LogP) is 4.90. The second kappa shape index (κ2) is 5.06. The van der Waals surface area contributed by atoms with Crippen LogP contribution in [0.25, 0.3) is 44.8 Å². The zero-order valence-corrected chi connectivity index (χ0v) is 12.5. The van der Waals surface area contributed by atoms with Gasteiger partial charge in [0.05, 0.1) is 0 Å². The monoisotopic (exact) mass is 310 g/mol. The molecular weight excluding hydrogens is 300 g/mol. The molecule has 0 aliphatic carbocycles. The van der Waals surface area contributed by atoms with E-state index in [1.165, 1.54) is 0 Å². The van der Waals surface area contributed by atoms with Crippen molar-refractivity contribution < 1.29 is 8.83 Å². The summed E-state index contributed by atoms with van der Waals surface area (Å²) in [6.07, 6.45) is 2.51. The largest absolute Gasteiger partial charge is 0.436 e. The number of nitrogens with zero attached hydrogens (tertiary/aromatic N) is 2. The minimum atomic E-state index is 0.608. The van der Waals surface area contributed by atoms with E-state index in [2.05, 4.69) is 22.4 Å². The van der Waals surface area contributed by atoms with E-state index in [1.807, 2.05) is 60.7 Å². The van der Waals surface area contributed by atoms with Gasteiger partial charge in [-0.25, -0.2) is 9.97 Å². The third-order valence-corrected chi connectivity index (χ3v) is 3.97. The third-order valence-electron chi connectivity index (χ3n) is 3.97. The highest BCUT2D eigenvalue weighted by atomic mass is 16.3. The predicted molar refractivity (Wildman–Crippen MR) is 90.1 cm³/mol. The number of oxazole rings is 2. The van der Waals surface area contributed by atoms with E-state index >= 15 is 0 Å². The van der Waals surface area contributed by atoms with E-state index in [0.29, 0.717) is 11.5 Å². The molecule has 5 aromatic rings. The van der Waals surface area contributed by atoms with E-state index in [9.17, 15) is 0 Å². The van der Waals surface area contributed by atoms with Crippen molar-refractivity contribution in [1.29, 1.82) is 0 Å². The molecule has 0 amide bonds. The van der Waals surface area contributed by atoms with Gasteiger partial charge in [-0.05, 0) is 53.6 Å². The number of aromatic nitrogens is 2. The van der Waals surface area contributed by atoms with Crippen LogP contribution < -0.4 is 0 Å². The van der Waals surface area contributed by atoms with E-state index in [0.717, 1.165) is 33.3 Å². The zero-order chi connectivity index (χ0) is 15.9. The molecule has 2 radical (unpaired) electrons. The summed E-state index contributed by atoms with van der Waals surface area (Å²) in [5, 5.41) is 0. The third kappa shape index (κ3) is 2.08. The molecule has 3 aromatic carbocycles. The second-order valence-corrected chi connectivity index (χ2v) is 5.48. The molecule has 4 heteroatoms. The summed E-state index contributed by atoms with van der Waals surface area (Å²) < 4.78 is 11.2. The highest BCUT2D eigenvalue weighted by Crippen LogP contribution is 2.29. The summed E-state index contributed by atoms with van der Waals surface area (Å²) in [6.45, 7) is 0. The molecule has 24 heavy (non-hydrogen) atoms. The molecule has 112 valence electrons. The summed E-state index contributed by atoms with van der Waals surface area (Å²) in [6, 6.07) is 22.4. The quantitative estimate of drug-likeness (QED) is 0.465. The van der Waals surface area contributed by atoms with Crippen LogP contribution in [0.15, 0.2) is 69.5 Å². The highest BCUT2D eigenvalue weighted by molar-refractivity contribution is 5.85. The molecule has 0 saturated heterocycles. The first-order valence-electron chi connectivity index (χ1n) is 7.51. The normalized spacial score (nSPS) is 11.3. The van der Waals surface area contributed by atoms with Crippen molar-refractivity contribution in [3.8, 4) is 22.6 Å². The number of fused-ring (bicyclic) bond motifs is 2. The lowest BCUT2D eigenvalue weighted by Crippen LogP contribution is -1.78. The Hall–Kier alpha value is -3.40. The van der Waals surface area contributed by atoms with Crippen LogP contribution >= 0.6 is 0 Å². The molecule has 2 aromatic heterocycles. The first-order chi connectivity index (χ1) is 11.9. The highest BCUT2D eigenvalue weighted by Gasteiger charge is 2.10. The fourth-order valence-corrected chi connectivity index (χ4v) is 2.75. The lowest BCUT2D eigenvalue weighted by molar-refractivity contribution is 0.591. The fraction of sp³-hybridized carbons (Fsp3) is 0. The van der Waals surface area contributed by atoms with Gasteiger partial charge in [0.2, 0.25) is 5.89 Å². The van der Waals surface area contributed by atoms with Gasteiger partial charge in [-0.15, -0.1) is 0 Å². The smallest absolute Gasteiger partial charge is 0.284 e. The average molecular weight is 310 g/mol. The van der Waals surface area contributed by atoms with Crippen molar-refractivity contribution in [2.45, 2.75) is 0 Å². The molecule has 4 nitrogen and oxygen atoms in total. The molecule has 0 unspecified atom stereocenters. The van der Waals surface area contributed by atoms with Gasteiger partial charge < -0.3 is 8.83 Å². The molecule has 0 atom stereocenters. The van der Waals surface area contributed by atoms with Crippen molar-refractivity contribution in [2.75, 3.05) is 0 Å². The van der Waals surface area contributed by atoms with Gasteiger partial charge in [-0.1, -0.05) is 24.3 Å². The topological polar surface area (TPSA) is 52.1 Å². The fourth-order valence-electron chi connectivity index (χ4n) is 2.75. The van der Waals surface area contributed by atoms with Crippen LogP contribution in [0.4, 0.5) is 0 Å². The van der Waals surface area contributed by atoms with Crippen LogP contribution in [0.2, 0.25) is 0 Å². The van der Waals surface area contributed by atoms with Crippen molar-refractivity contribution in [3.63, 3.8) is 0 Å². The number of rotatable bonds is 2. The zero-order valence-electron chi connectivity index (χ0n) is 12.5. The second-order valence-electron chi connectivity index (χ2n) is 5.48. The van der Waals surface area contributed by atoms with Gasteiger partial charge in [0.25, 0.3) is 6.39 Å². The van der Waals surface area contributed by atoms with Crippen molar-refractivity contribution >= 4 is 22.2 Å². The minimum absolute atomic E-state index is 0.608. The number of hydrogen-bond donors (Lipinski definition) is 0. The van der Waals surface area contributed by atoms with Crippen LogP contribution in [0.5, 0.6) is 0 Å². The van der Waals surface area contributed by atoms with Gasteiger partial charge in [0.15, 0.2) is 11.2 Å². The number of benzene rings is 3. The molecule has 0 N–H and O–H groups in total. The molecule has 0 fully saturated rings. The summed E-state index contributed by atoms with van der Waals surface area (Å²) in [5.41, 5.74) is 6.08. The minimum Gasteiger partial charge on any atom is -0.436 e. The Kier molecular flexibility index (Phi) is 2.76. The van der Waals surface area contributed by atoms with Gasteiger partial charge in [-0.3, -0.25) is 0 Å². The maximum Gasteiger partial charge on any atom is 0.284 e. The molecule has 0 spiro atoms. The van der Waals surface area contributed by atoms with E-state index in [1.54, 1.807) is 0 Å². The van der Waals surface area contributed by atoms with Gasteiger partial charge in [0, 0.05) is 5.56 Å². The molecule has 0 bridgehead atoms. The van der Waals surface area contributed by atoms with Gasteiger partial charge in [-0.2, -0.15) is 0 Å². The Morgan fingerprint density at radius 3 is 2.33 bits per heavy atom. The lowest BCUT2D eigenvalue weighted by atomic mass is 10.1. The molecule has 0 aliphatic heterocycles. The van der Waals surface area contributed by atoms with Gasteiger partial charge in [0.1, 0.15) is 11.0 Å². The van der Waals surface area contributed by atoms with Gasteiger partial charge >= 0.3 is 0 Å². The maximum atomic E-state index is 5.92. The van der Waals surface area contributed by atoms with Crippen LogP contribution in [0.3, 0.4) is 0 Å². The number of hydrogen-bond acceptors (Lipinski definition) is 4. The standard InChI is InChI=1S/C20H10N2O2/c1-2-4-13(5-3-1)20-22-17-9-7-15(11-19(17)24-20)14-6-8-16-18(10-14)23-12-21-16/h2-11H. The van der Waals surface area contributed by atoms with Crippen molar-refractivity contribution in [2.24, 2.45) is 0 Å². The summed E-state index contributed by atoms with van der Waals surface area (Å²) in [5.74, 6) is 0.608. The van der Waals surface area contributed by atoms with Crippen molar-refractivity contribution in [1.82, 2.24) is 9.97 Å². The molecule has 5 rings (SSSR count). The Labute approximate surface area is 137 Å². The average Bonchev–Trinajstić information content (AvgIpc) is 3.27. The lowest BCUT2D eigenvalue weighted by Gasteiger charge is -2.00. The Balaban J connectivity index is 1.62. The molecule has 0 aliphatic rings. The summed E-state index contributed by atoms with van der Waals surface area (Å²) in [4.78, 5) is 8.56. The first-order valence-corrected chi connectivity index (χ1v) is 7.51. The van der Waals surface area contributed by atoms with Crippen LogP contribution in [0.1, 0.15) is 0 Å². The van der Waals surface area contributed by atoms with E-state index in [4.69, 9.17) is 8.83 Å². The van der Waals surface area contributed by atoms with Crippen LogP contribution in [-0.4, -0.2) is 9.97 Å². The first kappa shape index (κ1) is 13.1. The van der Waals surface area contributed by atoms with Crippen LogP contribution in [0, 0.1) is 12.5 Å². The Morgan fingerprint density at radius 2 is 1.50 bits per heavy atom.